The van der Waals surface area contributed by atoms with Gasteiger partial charge in [-0.3, -0.25) is 15.5 Å². The summed E-state index contributed by atoms with van der Waals surface area (Å²) in [5, 5.41) is 14.8. The van der Waals surface area contributed by atoms with E-state index in [0.29, 0.717) is 6.07 Å². The maximum atomic E-state index is 12.6. The van der Waals surface area contributed by atoms with Crippen LogP contribution >= 0.6 is 11.8 Å². The molecule has 0 atom stereocenters. The maximum Gasteiger partial charge on any atom is 0.416 e. The van der Waals surface area contributed by atoms with Crippen LogP contribution in [0, 0.1) is 10.1 Å². The second-order valence-electron chi connectivity index (χ2n) is 4.63. The van der Waals surface area contributed by atoms with Gasteiger partial charge in [0.25, 0.3) is 5.69 Å². The third kappa shape index (κ3) is 4.48. The third-order valence-electron chi connectivity index (χ3n) is 3.04. The van der Waals surface area contributed by atoms with E-state index in [1.165, 1.54) is 6.21 Å². The highest BCUT2D eigenvalue weighted by Gasteiger charge is 2.33. The van der Waals surface area contributed by atoms with Gasteiger partial charge in [-0.1, -0.05) is 12.1 Å². The normalized spacial score (nSPS) is 11.7. The van der Waals surface area contributed by atoms with Crippen LogP contribution in [0.1, 0.15) is 11.1 Å². The molecule has 0 saturated heterocycles. The van der Waals surface area contributed by atoms with Gasteiger partial charge >= 0.3 is 6.18 Å². The Balaban J connectivity index is 2.19. The lowest BCUT2D eigenvalue weighted by atomic mass is 10.1. The zero-order valence-electron chi connectivity index (χ0n) is 12.4. The number of hydrogen-bond acceptors (Lipinski definition) is 5. The first-order valence-electron chi connectivity index (χ1n) is 6.60. The number of nitrogens with one attached hydrogen (secondary N) is 1. The minimum Gasteiger partial charge on any atom is -0.272 e. The van der Waals surface area contributed by atoms with E-state index in [9.17, 15) is 23.3 Å². The molecule has 2 aromatic rings. The van der Waals surface area contributed by atoms with Crippen molar-refractivity contribution in [1.82, 2.24) is 0 Å². The number of hydrazone groups is 1. The number of benzene rings is 2. The van der Waals surface area contributed by atoms with Crippen molar-refractivity contribution in [3.63, 3.8) is 0 Å². The van der Waals surface area contributed by atoms with Gasteiger partial charge < -0.3 is 0 Å². The molecule has 0 spiro atoms. The molecule has 0 aliphatic rings. The second kappa shape index (κ2) is 7.35. The number of nitrogens with zero attached hydrogens (tertiary/aromatic N) is 2. The summed E-state index contributed by atoms with van der Waals surface area (Å²) in [5.41, 5.74) is 1.25. The van der Waals surface area contributed by atoms with E-state index in [1.54, 1.807) is 23.9 Å². The highest BCUT2D eigenvalue weighted by Crippen LogP contribution is 2.34. The summed E-state index contributed by atoms with van der Waals surface area (Å²) in [6, 6.07) is 9.59. The van der Waals surface area contributed by atoms with Gasteiger partial charge in [-0.15, -0.1) is 11.8 Å². The van der Waals surface area contributed by atoms with E-state index >= 15 is 0 Å². The van der Waals surface area contributed by atoms with E-state index in [2.05, 4.69) is 10.5 Å². The van der Waals surface area contributed by atoms with Gasteiger partial charge in [0.1, 0.15) is 5.69 Å². The summed E-state index contributed by atoms with van der Waals surface area (Å²) in [7, 11) is 0. The van der Waals surface area contributed by atoms with Crippen molar-refractivity contribution in [2.75, 3.05) is 11.7 Å². The van der Waals surface area contributed by atoms with Crippen LogP contribution in [0.5, 0.6) is 0 Å². The van der Waals surface area contributed by atoms with E-state index < -0.39 is 22.4 Å². The van der Waals surface area contributed by atoms with Crippen LogP contribution in [0.2, 0.25) is 0 Å². The molecule has 0 heterocycles. The molecule has 2 rings (SSSR count). The molecule has 1 N–H and O–H groups in total. The van der Waals surface area contributed by atoms with Crippen molar-refractivity contribution < 1.29 is 18.1 Å². The standard InChI is InChI=1S/C15H12F3N3O2S/c1-24-12-5-2-10(3-6-12)9-19-20-13-7-4-11(15(16,17)18)8-14(13)21(22)23/h2-9,20H,1H3. The lowest BCUT2D eigenvalue weighted by molar-refractivity contribution is -0.384. The molecule has 9 heteroatoms. The van der Waals surface area contributed by atoms with Crippen molar-refractivity contribution in [3.05, 3.63) is 63.7 Å². The number of alkyl halides is 3. The number of hydrogen-bond donors (Lipinski definition) is 1. The van der Waals surface area contributed by atoms with Gasteiger partial charge in [0.15, 0.2) is 0 Å². The van der Waals surface area contributed by atoms with Gasteiger partial charge in [-0.05, 0) is 36.1 Å². The highest BCUT2D eigenvalue weighted by atomic mass is 32.2. The molecule has 0 bridgehead atoms. The summed E-state index contributed by atoms with van der Waals surface area (Å²) >= 11 is 1.58. The van der Waals surface area contributed by atoms with E-state index in [0.717, 1.165) is 22.6 Å². The van der Waals surface area contributed by atoms with E-state index in [4.69, 9.17) is 0 Å². The van der Waals surface area contributed by atoms with Crippen molar-refractivity contribution in [1.29, 1.82) is 0 Å². The van der Waals surface area contributed by atoms with Crippen molar-refractivity contribution in [2.24, 2.45) is 5.10 Å². The largest absolute Gasteiger partial charge is 0.416 e. The molecular formula is C15H12F3N3O2S. The molecule has 0 amide bonds. The summed E-state index contributed by atoms with van der Waals surface area (Å²) < 4.78 is 37.9. The quantitative estimate of drug-likeness (QED) is 0.363. The van der Waals surface area contributed by atoms with Crippen LogP contribution in [0.15, 0.2) is 52.5 Å². The topological polar surface area (TPSA) is 67.5 Å². The smallest absolute Gasteiger partial charge is 0.272 e. The van der Waals surface area contributed by atoms with Crippen molar-refractivity contribution >= 4 is 29.4 Å². The molecular weight excluding hydrogens is 343 g/mol. The molecule has 5 nitrogen and oxygen atoms in total. The fourth-order valence-electron chi connectivity index (χ4n) is 1.82. The Morgan fingerprint density at radius 1 is 1.21 bits per heavy atom. The van der Waals surface area contributed by atoms with Crippen LogP contribution in [0.25, 0.3) is 0 Å². The number of anilines is 1. The second-order valence-corrected chi connectivity index (χ2v) is 5.51. The first-order valence-corrected chi connectivity index (χ1v) is 7.82. The number of nitro groups is 1. The molecule has 126 valence electrons. The Kier molecular flexibility index (Phi) is 5.45. The first kappa shape index (κ1) is 17.8. The molecule has 0 unspecified atom stereocenters. The molecule has 0 fully saturated rings. The SMILES string of the molecule is CSc1ccc(C=NNc2ccc(C(F)(F)F)cc2[N+](=O)[O-])cc1. The van der Waals surface area contributed by atoms with Gasteiger partial charge in [0.05, 0.1) is 16.7 Å². The average molecular weight is 355 g/mol. The van der Waals surface area contributed by atoms with Gasteiger partial charge in [-0.2, -0.15) is 18.3 Å². The van der Waals surface area contributed by atoms with Crippen LogP contribution in [-0.4, -0.2) is 17.4 Å². The Bertz CT molecular complexity index is 762. The fourth-order valence-corrected chi connectivity index (χ4v) is 2.23. The molecule has 0 radical (unpaired) electrons. The zero-order valence-corrected chi connectivity index (χ0v) is 13.2. The molecule has 2 aromatic carbocycles. The summed E-state index contributed by atoms with van der Waals surface area (Å²) in [4.78, 5) is 11.1. The number of nitro benzene ring substituents is 1. The Morgan fingerprint density at radius 2 is 1.88 bits per heavy atom. The lowest BCUT2D eigenvalue weighted by Gasteiger charge is -2.08. The zero-order chi connectivity index (χ0) is 17.7. The molecule has 0 aromatic heterocycles. The summed E-state index contributed by atoms with van der Waals surface area (Å²) in [5.74, 6) is 0. The van der Waals surface area contributed by atoms with Gasteiger partial charge in [0.2, 0.25) is 0 Å². The monoisotopic (exact) mass is 355 g/mol. The molecule has 24 heavy (non-hydrogen) atoms. The Hall–Kier alpha value is -2.55. The predicted octanol–water partition coefficient (Wildman–Crippen LogP) is 4.78. The Labute approximate surface area is 139 Å². The van der Waals surface area contributed by atoms with Crippen molar-refractivity contribution in [2.45, 2.75) is 11.1 Å². The van der Waals surface area contributed by atoms with Crippen molar-refractivity contribution in [3.8, 4) is 0 Å². The van der Waals surface area contributed by atoms with E-state index in [1.807, 2.05) is 18.4 Å². The molecule has 0 saturated carbocycles. The van der Waals surface area contributed by atoms with Gasteiger partial charge in [0, 0.05) is 11.0 Å². The third-order valence-corrected chi connectivity index (χ3v) is 3.78. The van der Waals surface area contributed by atoms with Crippen LogP contribution in [-0.2, 0) is 6.18 Å². The van der Waals surface area contributed by atoms with Crippen LogP contribution in [0.4, 0.5) is 24.5 Å². The fraction of sp³-hybridized carbons (Fsp3) is 0.133. The minimum absolute atomic E-state index is 0.120. The predicted molar refractivity (Wildman–Crippen MR) is 87.5 cm³/mol. The number of thioether (sulfide) groups is 1. The van der Waals surface area contributed by atoms with E-state index in [-0.39, 0.29) is 5.69 Å². The van der Waals surface area contributed by atoms with Crippen LogP contribution < -0.4 is 5.43 Å². The number of halogens is 3. The van der Waals surface area contributed by atoms with Gasteiger partial charge in [-0.25, -0.2) is 0 Å². The molecule has 0 aliphatic carbocycles. The molecule has 0 aliphatic heterocycles. The minimum atomic E-state index is -4.65. The Morgan fingerprint density at radius 3 is 2.42 bits per heavy atom. The average Bonchev–Trinajstić information content (AvgIpc) is 2.54. The number of rotatable bonds is 5. The maximum absolute atomic E-state index is 12.6. The summed E-state index contributed by atoms with van der Waals surface area (Å²) in [6.07, 6.45) is -1.29. The summed E-state index contributed by atoms with van der Waals surface area (Å²) in [6.45, 7) is 0. The highest BCUT2D eigenvalue weighted by molar-refractivity contribution is 7.98. The first-order chi connectivity index (χ1) is 11.3. The van der Waals surface area contributed by atoms with Crippen LogP contribution in [0.3, 0.4) is 0 Å². The lowest BCUT2D eigenvalue weighted by Crippen LogP contribution is -2.06.